The van der Waals surface area contributed by atoms with Crippen molar-refractivity contribution < 1.29 is 9.53 Å². The van der Waals surface area contributed by atoms with Gasteiger partial charge in [-0.3, -0.25) is 4.79 Å². The summed E-state index contributed by atoms with van der Waals surface area (Å²) in [5, 5.41) is 2.87. The van der Waals surface area contributed by atoms with Crippen LogP contribution in [0.4, 0.5) is 11.4 Å². The summed E-state index contributed by atoms with van der Waals surface area (Å²) in [6.45, 7) is 0. The van der Waals surface area contributed by atoms with E-state index in [0.717, 1.165) is 22.6 Å². The highest BCUT2D eigenvalue weighted by molar-refractivity contribution is 6.05. The van der Waals surface area contributed by atoms with Crippen LogP contribution in [0.3, 0.4) is 0 Å². The summed E-state index contributed by atoms with van der Waals surface area (Å²) in [4.78, 5) is 12.1. The monoisotopic (exact) mass is 268 g/mol. The molecule has 0 saturated carbocycles. The van der Waals surface area contributed by atoms with Crippen LogP contribution in [0.15, 0.2) is 42.5 Å². The van der Waals surface area contributed by atoms with Gasteiger partial charge in [0.1, 0.15) is 5.75 Å². The SMILES string of the molecule is COc1ccc(CC2C(=O)Nc3c(N)cccc32)cc1. The summed E-state index contributed by atoms with van der Waals surface area (Å²) in [5.74, 6) is 0.643. The molecule has 4 nitrogen and oxygen atoms in total. The van der Waals surface area contributed by atoms with E-state index in [4.69, 9.17) is 10.5 Å². The maximum absolute atomic E-state index is 12.1. The lowest BCUT2D eigenvalue weighted by atomic mass is 9.93. The fourth-order valence-corrected chi connectivity index (χ4v) is 2.58. The van der Waals surface area contributed by atoms with Crippen LogP contribution in [-0.2, 0) is 11.2 Å². The molecule has 0 radical (unpaired) electrons. The Kier molecular flexibility index (Phi) is 3.06. The van der Waals surface area contributed by atoms with E-state index in [1.165, 1.54) is 0 Å². The number of hydrogen-bond acceptors (Lipinski definition) is 3. The van der Waals surface area contributed by atoms with Gasteiger partial charge in [-0.05, 0) is 35.7 Å². The Morgan fingerprint density at radius 3 is 2.65 bits per heavy atom. The van der Waals surface area contributed by atoms with Crippen molar-refractivity contribution in [3.63, 3.8) is 0 Å². The number of amides is 1. The van der Waals surface area contributed by atoms with Crippen LogP contribution in [0.2, 0.25) is 0 Å². The van der Waals surface area contributed by atoms with Gasteiger partial charge in [-0.2, -0.15) is 0 Å². The fourth-order valence-electron chi connectivity index (χ4n) is 2.58. The number of nitrogens with two attached hydrogens (primary N) is 1. The quantitative estimate of drug-likeness (QED) is 0.841. The zero-order valence-electron chi connectivity index (χ0n) is 11.2. The number of anilines is 2. The van der Waals surface area contributed by atoms with E-state index in [2.05, 4.69) is 5.32 Å². The molecule has 20 heavy (non-hydrogen) atoms. The Morgan fingerprint density at radius 2 is 1.95 bits per heavy atom. The first-order valence-corrected chi connectivity index (χ1v) is 6.51. The molecule has 0 aliphatic carbocycles. The molecule has 1 aliphatic heterocycles. The van der Waals surface area contributed by atoms with Crippen molar-refractivity contribution in [3.05, 3.63) is 53.6 Å². The molecular weight excluding hydrogens is 252 g/mol. The lowest BCUT2D eigenvalue weighted by molar-refractivity contribution is -0.117. The molecule has 3 N–H and O–H groups in total. The van der Waals surface area contributed by atoms with Crippen LogP contribution < -0.4 is 15.8 Å². The van der Waals surface area contributed by atoms with Crippen LogP contribution in [0, 0.1) is 0 Å². The number of nitrogens with one attached hydrogen (secondary N) is 1. The number of hydrogen-bond donors (Lipinski definition) is 2. The molecule has 0 bridgehead atoms. The van der Waals surface area contributed by atoms with E-state index in [0.29, 0.717) is 12.1 Å². The molecule has 2 aromatic rings. The molecule has 3 rings (SSSR count). The van der Waals surface area contributed by atoms with Gasteiger partial charge in [-0.15, -0.1) is 0 Å². The first-order valence-electron chi connectivity index (χ1n) is 6.51. The number of ether oxygens (including phenoxy) is 1. The van der Waals surface area contributed by atoms with E-state index in [1.807, 2.05) is 36.4 Å². The molecule has 102 valence electrons. The van der Waals surface area contributed by atoms with Crippen LogP contribution >= 0.6 is 0 Å². The van der Waals surface area contributed by atoms with Gasteiger partial charge in [-0.1, -0.05) is 24.3 Å². The Morgan fingerprint density at radius 1 is 1.20 bits per heavy atom. The summed E-state index contributed by atoms with van der Waals surface area (Å²) < 4.78 is 5.14. The Bertz CT molecular complexity index is 650. The fraction of sp³-hybridized carbons (Fsp3) is 0.188. The van der Waals surface area contributed by atoms with Crippen LogP contribution in [0.5, 0.6) is 5.75 Å². The number of rotatable bonds is 3. The minimum Gasteiger partial charge on any atom is -0.497 e. The minimum atomic E-state index is -0.179. The molecule has 1 aliphatic rings. The molecule has 1 heterocycles. The maximum Gasteiger partial charge on any atom is 0.232 e. The summed E-state index contributed by atoms with van der Waals surface area (Å²) in [6.07, 6.45) is 0.659. The highest BCUT2D eigenvalue weighted by Gasteiger charge is 2.31. The van der Waals surface area contributed by atoms with Gasteiger partial charge in [0.15, 0.2) is 0 Å². The molecule has 1 atom stereocenters. The van der Waals surface area contributed by atoms with Crippen molar-refractivity contribution in [1.82, 2.24) is 0 Å². The van der Waals surface area contributed by atoms with Crippen molar-refractivity contribution >= 4 is 17.3 Å². The second kappa shape index (κ2) is 4.89. The first kappa shape index (κ1) is 12.5. The highest BCUT2D eigenvalue weighted by Crippen LogP contribution is 2.38. The van der Waals surface area contributed by atoms with Crippen molar-refractivity contribution in [2.75, 3.05) is 18.2 Å². The molecular formula is C16H16N2O2. The number of para-hydroxylation sites is 1. The normalized spacial score (nSPS) is 16.6. The lowest BCUT2D eigenvalue weighted by Crippen LogP contribution is -2.14. The molecule has 1 unspecified atom stereocenters. The second-order valence-corrected chi connectivity index (χ2v) is 4.91. The van der Waals surface area contributed by atoms with Gasteiger partial charge in [0, 0.05) is 0 Å². The molecule has 4 heteroatoms. The third kappa shape index (κ3) is 2.09. The Labute approximate surface area is 117 Å². The standard InChI is InChI=1S/C16H16N2O2/c1-20-11-7-5-10(6-8-11)9-13-12-3-2-4-14(17)15(12)18-16(13)19/h2-8,13H,9,17H2,1H3,(H,18,19). The van der Waals surface area contributed by atoms with Crippen LogP contribution in [0.25, 0.3) is 0 Å². The predicted octanol–water partition coefficient (Wildman–Crippen LogP) is 2.56. The number of nitrogen functional groups attached to an aromatic ring is 1. The third-order valence-corrected chi connectivity index (χ3v) is 3.67. The number of benzene rings is 2. The lowest BCUT2D eigenvalue weighted by Gasteiger charge is -2.09. The highest BCUT2D eigenvalue weighted by atomic mass is 16.5. The first-order chi connectivity index (χ1) is 9.69. The molecule has 0 spiro atoms. The smallest absolute Gasteiger partial charge is 0.232 e. The molecule has 0 fully saturated rings. The zero-order valence-corrected chi connectivity index (χ0v) is 11.2. The average molecular weight is 268 g/mol. The number of carbonyl (C=O) groups is 1. The molecule has 1 amide bonds. The number of methoxy groups -OCH3 is 1. The largest absolute Gasteiger partial charge is 0.497 e. The average Bonchev–Trinajstić information content (AvgIpc) is 2.78. The summed E-state index contributed by atoms with van der Waals surface area (Å²) in [7, 11) is 1.64. The van der Waals surface area contributed by atoms with Crippen molar-refractivity contribution in [2.24, 2.45) is 0 Å². The molecule has 0 saturated heterocycles. The maximum atomic E-state index is 12.1. The summed E-state index contributed by atoms with van der Waals surface area (Å²) in [6, 6.07) is 13.4. The zero-order chi connectivity index (χ0) is 14.1. The van der Waals surface area contributed by atoms with Crippen molar-refractivity contribution in [2.45, 2.75) is 12.3 Å². The third-order valence-electron chi connectivity index (χ3n) is 3.67. The van der Waals surface area contributed by atoms with Gasteiger partial charge in [-0.25, -0.2) is 0 Å². The van der Waals surface area contributed by atoms with Crippen molar-refractivity contribution in [3.8, 4) is 5.75 Å². The minimum absolute atomic E-state index is 0.00807. The van der Waals surface area contributed by atoms with Gasteiger partial charge in [0.25, 0.3) is 0 Å². The number of fused-ring (bicyclic) bond motifs is 1. The van der Waals surface area contributed by atoms with E-state index in [-0.39, 0.29) is 11.8 Å². The molecule has 2 aromatic carbocycles. The van der Waals surface area contributed by atoms with Crippen molar-refractivity contribution in [1.29, 1.82) is 0 Å². The van der Waals surface area contributed by atoms with E-state index in [1.54, 1.807) is 13.2 Å². The van der Waals surface area contributed by atoms with Gasteiger partial charge in [0.2, 0.25) is 5.91 Å². The topological polar surface area (TPSA) is 64.3 Å². The number of carbonyl (C=O) groups excluding carboxylic acids is 1. The summed E-state index contributed by atoms with van der Waals surface area (Å²) in [5.41, 5.74) is 9.35. The van der Waals surface area contributed by atoms with Crippen LogP contribution in [-0.4, -0.2) is 13.0 Å². The Hall–Kier alpha value is -2.49. The summed E-state index contributed by atoms with van der Waals surface area (Å²) >= 11 is 0. The van der Waals surface area contributed by atoms with Gasteiger partial charge in [0.05, 0.1) is 24.4 Å². The van der Waals surface area contributed by atoms with E-state index >= 15 is 0 Å². The van der Waals surface area contributed by atoms with Gasteiger partial charge >= 0.3 is 0 Å². The Balaban J connectivity index is 1.88. The van der Waals surface area contributed by atoms with E-state index in [9.17, 15) is 4.79 Å². The second-order valence-electron chi connectivity index (χ2n) is 4.91. The molecule has 0 aromatic heterocycles. The van der Waals surface area contributed by atoms with E-state index < -0.39 is 0 Å². The van der Waals surface area contributed by atoms with Crippen LogP contribution in [0.1, 0.15) is 17.0 Å². The predicted molar refractivity (Wildman–Crippen MR) is 78.9 cm³/mol. The van der Waals surface area contributed by atoms with Gasteiger partial charge < -0.3 is 15.8 Å².